The Morgan fingerprint density at radius 2 is 1.37 bits per heavy atom. The van der Waals surface area contributed by atoms with Crippen LogP contribution in [-0.4, -0.2) is 5.91 Å². The fourth-order valence-electron chi connectivity index (χ4n) is 3.88. The first kappa shape index (κ1) is 20.3. The molecule has 2 nitrogen and oxygen atoms in total. The number of aryl methyl sites for hydroxylation is 1. The standard InChI is InChI=1S/C23H25Br2NO/c1-2-3-4-5-6-7-8-19-20-13-15(24)9-11-17(20)18-12-10-16(25)14-21(18)22(19)23(26)27/h9-14H,2-8H2,1H3,(H2,26,27). The van der Waals surface area contributed by atoms with E-state index in [1.807, 2.05) is 12.1 Å². The van der Waals surface area contributed by atoms with Crippen molar-refractivity contribution in [1.82, 2.24) is 0 Å². The Kier molecular flexibility index (Phi) is 6.93. The van der Waals surface area contributed by atoms with Gasteiger partial charge in [0.15, 0.2) is 0 Å². The first-order chi connectivity index (χ1) is 13.0. The van der Waals surface area contributed by atoms with Crippen molar-refractivity contribution in [3.05, 3.63) is 56.5 Å². The Labute approximate surface area is 177 Å². The van der Waals surface area contributed by atoms with Gasteiger partial charge in [0.1, 0.15) is 0 Å². The van der Waals surface area contributed by atoms with Crippen LogP contribution < -0.4 is 5.73 Å². The van der Waals surface area contributed by atoms with Crippen LogP contribution in [0.4, 0.5) is 0 Å². The highest BCUT2D eigenvalue weighted by Crippen LogP contribution is 2.36. The summed E-state index contributed by atoms with van der Waals surface area (Å²) in [6.07, 6.45) is 8.22. The average Bonchev–Trinajstić information content (AvgIpc) is 2.63. The van der Waals surface area contributed by atoms with Crippen molar-refractivity contribution in [2.24, 2.45) is 5.73 Å². The molecule has 0 saturated heterocycles. The normalized spacial score (nSPS) is 11.4. The Morgan fingerprint density at radius 1 is 0.815 bits per heavy atom. The van der Waals surface area contributed by atoms with E-state index in [0.717, 1.165) is 43.5 Å². The number of benzene rings is 3. The predicted molar refractivity (Wildman–Crippen MR) is 122 cm³/mol. The van der Waals surface area contributed by atoms with Crippen molar-refractivity contribution in [2.45, 2.75) is 51.9 Å². The monoisotopic (exact) mass is 489 g/mol. The van der Waals surface area contributed by atoms with E-state index in [4.69, 9.17) is 5.73 Å². The van der Waals surface area contributed by atoms with Crippen LogP contribution in [0.2, 0.25) is 0 Å². The lowest BCUT2D eigenvalue weighted by molar-refractivity contribution is 0.100. The molecule has 0 bridgehead atoms. The minimum atomic E-state index is -0.346. The topological polar surface area (TPSA) is 43.1 Å². The van der Waals surface area contributed by atoms with E-state index in [9.17, 15) is 4.79 Å². The summed E-state index contributed by atoms with van der Waals surface area (Å²) >= 11 is 7.13. The van der Waals surface area contributed by atoms with Crippen LogP contribution in [0.15, 0.2) is 45.3 Å². The van der Waals surface area contributed by atoms with Crippen LogP contribution in [0, 0.1) is 0 Å². The van der Waals surface area contributed by atoms with Gasteiger partial charge in [-0.15, -0.1) is 0 Å². The molecule has 0 aliphatic carbocycles. The van der Waals surface area contributed by atoms with Crippen molar-refractivity contribution < 1.29 is 4.79 Å². The molecule has 0 aliphatic heterocycles. The van der Waals surface area contributed by atoms with E-state index in [1.165, 1.54) is 37.5 Å². The summed E-state index contributed by atoms with van der Waals surface area (Å²) in [6.45, 7) is 2.23. The van der Waals surface area contributed by atoms with E-state index in [0.29, 0.717) is 5.56 Å². The van der Waals surface area contributed by atoms with Crippen LogP contribution in [-0.2, 0) is 6.42 Å². The zero-order chi connectivity index (χ0) is 19.4. The van der Waals surface area contributed by atoms with Gasteiger partial charge < -0.3 is 5.73 Å². The molecular formula is C23H25Br2NO. The highest BCUT2D eigenvalue weighted by Gasteiger charge is 2.18. The Balaban J connectivity index is 2.11. The number of amides is 1. The summed E-state index contributed by atoms with van der Waals surface area (Å²) in [5.74, 6) is -0.346. The molecule has 0 atom stereocenters. The van der Waals surface area contributed by atoms with Crippen LogP contribution in [0.5, 0.6) is 0 Å². The second-order valence-corrected chi connectivity index (χ2v) is 8.95. The maximum Gasteiger partial charge on any atom is 0.249 e. The van der Waals surface area contributed by atoms with Crippen LogP contribution in [0.25, 0.3) is 21.5 Å². The Morgan fingerprint density at radius 3 is 2.00 bits per heavy atom. The van der Waals surface area contributed by atoms with Gasteiger partial charge in [-0.1, -0.05) is 83.0 Å². The fraction of sp³-hybridized carbons (Fsp3) is 0.348. The molecule has 0 heterocycles. The molecule has 4 heteroatoms. The predicted octanol–water partition coefficient (Wildman–Crippen LogP) is 7.52. The third kappa shape index (κ3) is 4.55. The molecule has 3 rings (SSSR count). The smallest absolute Gasteiger partial charge is 0.249 e. The minimum absolute atomic E-state index is 0.346. The number of halogens is 2. The lowest BCUT2D eigenvalue weighted by Crippen LogP contribution is -2.15. The number of carbonyl (C=O) groups is 1. The number of carbonyl (C=O) groups excluding carboxylic acids is 1. The molecule has 0 unspecified atom stereocenters. The average molecular weight is 491 g/mol. The zero-order valence-electron chi connectivity index (χ0n) is 15.7. The minimum Gasteiger partial charge on any atom is -0.366 e. The first-order valence-electron chi connectivity index (χ1n) is 9.66. The van der Waals surface area contributed by atoms with E-state index in [-0.39, 0.29) is 5.91 Å². The summed E-state index contributed by atoms with van der Waals surface area (Å²) in [5, 5.41) is 4.31. The molecule has 0 radical (unpaired) electrons. The van der Waals surface area contributed by atoms with Gasteiger partial charge in [0, 0.05) is 8.95 Å². The molecule has 0 fully saturated rings. The molecule has 142 valence electrons. The van der Waals surface area contributed by atoms with E-state index >= 15 is 0 Å². The van der Waals surface area contributed by atoms with Gasteiger partial charge in [-0.25, -0.2) is 0 Å². The maximum absolute atomic E-state index is 12.4. The third-order valence-electron chi connectivity index (χ3n) is 5.18. The molecule has 3 aromatic carbocycles. The van der Waals surface area contributed by atoms with Gasteiger partial charge in [0.2, 0.25) is 5.91 Å². The fourth-order valence-corrected chi connectivity index (χ4v) is 4.60. The van der Waals surface area contributed by atoms with Crippen molar-refractivity contribution in [1.29, 1.82) is 0 Å². The summed E-state index contributed by atoms with van der Waals surface area (Å²) in [4.78, 5) is 12.4. The molecule has 2 N–H and O–H groups in total. The van der Waals surface area contributed by atoms with Gasteiger partial charge in [-0.3, -0.25) is 4.79 Å². The molecule has 0 aliphatic rings. The molecule has 3 aromatic rings. The molecule has 0 spiro atoms. The van der Waals surface area contributed by atoms with Gasteiger partial charge in [0.25, 0.3) is 0 Å². The lowest BCUT2D eigenvalue weighted by Gasteiger charge is -2.16. The SMILES string of the molecule is CCCCCCCCc1c(C(N)=O)c2cc(Br)ccc2c2ccc(Br)cc12. The number of primary amides is 1. The Bertz CT molecular complexity index is 981. The summed E-state index contributed by atoms with van der Waals surface area (Å²) in [6, 6.07) is 12.4. The quantitative estimate of drug-likeness (QED) is 0.257. The number of fused-ring (bicyclic) bond motifs is 3. The number of unbranched alkanes of at least 4 members (excludes halogenated alkanes) is 5. The molecule has 1 amide bonds. The van der Waals surface area contributed by atoms with Crippen LogP contribution >= 0.6 is 31.9 Å². The summed E-state index contributed by atoms with van der Waals surface area (Å²) in [7, 11) is 0. The second kappa shape index (κ2) is 9.20. The molecule has 27 heavy (non-hydrogen) atoms. The van der Waals surface area contributed by atoms with Crippen molar-refractivity contribution in [2.75, 3.05) is 0 Å². The first-order valence-corrected chi connectivity index (χ1v) is 11.2. The van der Waals surface area contributed by atoms with Gasteiger partial charge in [-0.2, -0.15) is 0 Å². The van der Waals surface area contributed by atoms with Crippen molar-refractivity contribution in [3.63, 3.8) is 0 Å². The summed E-state index contributed by atoms with van der Waals surface area (Å²) < 4.78 is 1.98. The molecular weight excluding hydrogens is 466 g/mol. The lowest BCUT2D eigenvalue weighted by atomic mass is 9.88. The number of hydrogen-bond acceptors (Lipinski definition) is 1. The van der Waals surface area contributed by atoms with Crippen LogP contribution in [0.1, 0.15) is 61.4 Å². The number of nitrogens with two attached hydrogens (primary N) is 1. The van der Waals surface area contributed by atoms with Crippen LogP contribution in [0.3, 0.4) is 0 Å². The van der Waals surface area contributed by atoms with E-state index < -0.39 is 0 Å². The van der Waals surface area contributed by atoms with Gasteiger partial charge in [0.05, 0.1) is 5.56 Å². The molecule has 0 aromatic heterocycles. The molecule has 0 saturated carbocycles. The van der Waals surface area contributed by atoms with Crippen molar-refractivity contribution in [3.8, 4) is 0 Å². The second-order valence-electron chi connectivity index (χ2n) is 7.12. The highest BCUT2D eigenvalue weighted by atomic mass is 79.9. The van der Waals surface area contributed by atoms with Gasteiger partial charge >= 0.3 is 0 Å². The Hall–Kier alpha value is -1.39. The van der Waals surface area contributed by atoms with E-state index in [2.05, 4.69) is 63.0 Å². The zero-order valence-corrected chi connectivity index (χ0v) is 18.8. The number of hydrogen-bond donors (Lipinski definition) is 1. The third-order valence-corrected chi connectivity index (χ3v) is 6.16. The maximum atomic E-state index is 12.4. The highest BCUT2D eigenvalue weighted by molar-refractivity contribution is 9.10. The summed E-state index contributed by atoms with van der Waals surface area (Å²) in [5.41, 5.74) is 7.62. The largest absolute Gasteiger partial charge is 0.366 e. The van der Waals surface area contributed by atoms with Gasteiger partial charge in [-0.05, 0) is 64.2 Å². The number of rotatable bonds is 8. The van der Waals surface area contributed by atoms with E-state index in [1.54, 1.807) is 0 Å². The van der Waals surface area contributed by atoms with Crippen molar-refractivity contribution >= 4 is 59.3 Å².